The van der Waals surface area contributed by atoms with Crippen LogP contribution >= 0.6 is 0 Å². The van der Waals surface area contributed by atoms with Crippen LogP contribution in [-0.2, 0) is 9.53 Å². The molecule has 0 radical (unpaired) electrons. The fourth-order valence-corrected chi connectivity index (χ4v) is 2.42. The van der Waals surface area contributed by atoms with Gasteiger partial charge in [0.25, 0.3) is 0 Å². The molecule has 0 aromatic heterocycles. The Morgan fingerprint density at radius 2 is 2.21 bits per heavy atom. The topological polar surface area (TPSA) is 49.8 Å². The fourth-order valence-electron chi connectivity index (χ4n) is 2.42. The van der Waals surface area contributed by atoms with E-state index in [2.05, 4.69) is 0 Å². The quantitative estimate of drug-likeness (QED) is 0.499. The Hall–Kier alpha value is -0.545. The van der Waals surface area contributed by atoms with Crippen molar-refractivity contribution in [3.8, 4) is 0 Å². The van der Waals surface area contributed by atoms with Crippen LogP contribution in [0.1, 0.15) is 12.8 Å². The van der Waals surface area contributed by atoms with E-state index in [4.69, 9.17) is 4.74 Å². The van der Waals surface area contributed by atoms with E-state index in [1.165, 1.54) is 13.5 Å². The number of fused-ring (bicyclic) bond motifs is 1. The molecule has 78 valence electrons. The van der Waals surface area contributed by atoms with Crippen LogP contribution in [0.15, 0.2) is 0 Å². The second-order valence-electron chi connectivity index (χ2n) is 4.36. The number of nitrogens with zero attached hydrogens (tertiary/aromatic N) is 1. The highest BCUT2D eigenvalue weighted by atomic mass is 16.5. The van der Waals surface area contributed by atoms with Crippen molar-refractivity contribution in [3.05, 3.63) is 0 Å². The van der Waals surface area contributed by atoms with Crippen LogP contribution in [0.25, 0.3) is 0 Å². The largest absolute Gasteiger partial charge is 0.468 e. The first kappa shape index (κ1) is 9.99. The number of rotatable bonds is 2. The van der Waals surface area contributed by atoms with Crippen molar-refractivity contribution in [1.82, 2.24) is 4.81 Å². The van der Waals surface area contributed by atoms with E-state index in [1.807, 2.05) is 4.81 Å². The lowest BCUT2D eigenvalue weighted by molar-refractivity contribution is -0.146. The van der Waals surface area contributed by atoms with Gasteiger partial charge in [-0.15, -0.1) is 0 Å². The van der Waals surface area contributed by atoms with Gasteiger partial charge in [-0.05, 0) is 38.0 Å². The summed E-state index contributed by atoms with van der Waals surface area (Å²) < 4.78 is 4.75. The third-order valence-electron chi connectivity index (χ3n) is 3.39. The molecular weight excluding hydrogens is 181 g/mol. The highest BCUT2D eigenvalue weighted by Crippen LogP contribution is 2.47. The molecule has 0 aromatic rings. The minimum atomic E-state index is -0.555. The molecule has 0 spiro atoms. The van der Waals surface area contributed by atoms with Crippen molar-refractivity contribution in [2.75, 3.05) is 13.7 Å². The van der Waals surface area contributed by atoms with Crippen molar-refractivity contribution in [3.63, 3.8) is 0 Å². The lowest BCUT2D eigenvalue weighted by Crippen LogP contribution is -2.52. The van der Waals surface area contributed by atoms with Gasteiger partial charge in [0.15, 0.2) is 0 Å². The average Bonchev–Trinajstić information content (AvgIpc) is 2.92. The van der Waals surface area contributed by atoms with Crippen LogP contribution in [0, 0.1) is 11.8 Å². The maximum absolute atomic E-state index is 11.5. The van der Waals surface area contributed by atoms with Crippen LogP contribution < -0.4 is 0 Å². The summed E-state index contributed by atoms with van der Waals surface area (Å²) in [7, 11) is 0.849. The number of carbonyl (C=O) groups is 1. The zero-order valence-corrected chi connectivity index (χ0v) is 8.64. The normalized spacial score (nSPS) is 36.1. The number of esters is 1. The second-order valence-corrected chi connectivity index (χ2v) is 4.36. The molecule has 1 aliphatic heterocycles. The molecule has 2 unspecified atom stereocenters. The van der Waals surface area contributed by atoms with Crippen molar-refractivity contribution in [2.24, 2.45) is 11.8 Å². The van der Waals surface area contributed by atoms with Gasteiger partial charge in [-0.3, -0.25) is 4.79 Å². The first-order chi connectivity index (χ1) is 6.63. The van der Waals surface area contributed by atoms with E-state index in [0.717, 1.165) is 13.0 Å². The first-order valence-corrected chi connectivity index (χ1v) is 5.15. The van der Waals surface area contributed by atoms with E-state index in [0.29, 0.717) is 11.8 Å². The van der Waals surface area contributed by atoms with Crippen LogP contribution in [-0.4, -0.2) is 42.6 Å². The van der Waals surface area contributed by atoms with Gasteiger partial charge < -0.3 is 14.6 Å². The molecule has 1 heterocycles. The van der Waals surface area contributed by atoms with E-state index in [1.54, 1.807) is 6.82 Å². The smallest absolute Gasteiger partial charge is 0.377 e. The van der Waals surface area contributed by atoms with Gasteiger partial charge in [0.1, 0.15) is 6.04 Å². The van der Waals surface area contributed by atoms with E-state index >= 15 is 0 Å². The Bertz CT molecular complexity index is 246. The number of ether oxygens (including phenoxy) is 1. The molecule has 1 N–H and O–H groups in total. The van der Waals surface area contributed by atoms with Crippen molar-refractivity contribution in [2.45, 2.75) is 25.7 Å². The molecule has 1 saturated heterocycles. The monoisotopic (exact) mass is 197 g/mol. The van der Waals surface area contributed by atoms with E-state index < -0.39 is 7.05 Å². The van der Waals surface area contributed by atoms with Crippen LogP contribution in [0.3, 0.4) is 0 Å². The Balaban J connectivity index is 2.06. The summed E-state index contributed by atoms with van der Waals surface area (Å²) in [5.74, 6) is 1.18. The zero-order chi connectivity index (χ0) is 10.3. The molecule has 0 bridgehead atoms. The molecule has 1 aliphatic carbocycles. The van der Waals surface area contributed by atoms with Crippen molar-refractivity contribution < 1.29 is 14.6 Å². The third kappa shape index (κ3) is 1.66. The summed E-state index contributed by atoms with van der Waals surface area (Å²) in [6, 6.07) is -0.233. The highest BCUT2D eigenvalue weighted by Gasteiger charge is 2.49. The summed E-state index contributed by atoms with van der Waals surface area (Å²) in [5, 5.41) is 9.55. The third-order valence-corrected chi connectivity index (χ3v) is 3.39. The predicted molar refractivity (Wildman–Crippen MR) is 52.6 cm³/mol. The molecule has 0 amide bonds. The van der Waals surface area contributed by atoms with Crippen LogP contribution in [0.2, 0.25) is 6.82 Å². The highest BCUT2D eigenvalue weighted by molar-refractivity contribution is 6.45. The molecule has 2 aliphatic rings. The van der Waals surface area contributed by atoms with Crippen LogP contribution in [0.5, 0.6) is 0 Å². The van der Waals surface area contributed by atoms with Gasteiger partial charge >= 0.3 is 13.0 Å². The van der Waals surface area contributed by atoms with Crippen molar-refractivity contribution in [1.29, 1.82) is 0 Å². The molecule has 3 atom stereocenters. The van der Waals surface area contributed by atoms with Gasteiger partial charge in [0, 0.05) is 0 Å². The molecule has 2 rings (SSSR count). The maximum atomic E-state index is 11.5. The van der Waals surface area contributed by atoms with Crippen LogP contribution in [0.4, 0.5) is 0 Å². The summed E-state index contributed by atoms with van der Waals surface area (Å²) in [6.07, 6.45) is 2.05. The average molecular weight is 197 g/mol. The number of methoxy groups -OCH3 is 1. The zero-order valence-electron chi connectivity index (χ0n) is 8.64. The Labute approximate surface area is 84.4 Å². The number of carbonyl (C=O) groups excluding carboxylic acids is 1. The lowest BCUT2D eigenvalue weighted by atomic mass is 9.80. The lowest BCUT2D eigenvalue weighted by Gasteiger charge is -2.34. The van der Waals surface area contributed by atoms with E-state index in [-0.39, 0.29) is 12.0 Å². The maximum Gasteiger partial charge on any atom is 0.377 e. The molecular formula is C9H16BNO3. The molecule has 2 fully saturated rings. The van der Waals surface area contributed by atoms with Gasteiger partial charge in [-0.1, -0.05) is 0 Å². The van der Waals surface area contributed by atoms with E-state index in [9.17, 15) is 9.82 Å². The predicted octanol–water partition coefficient (Wildman–Crippen LogP) is -0.0199. The first-order valence-electron chi connectivity index (χ1n) is 5.15. The summed E-state index contributed by atoms with van der Waals surface area (Å²) >= 11 is 0. The minimum absolute atomic E-state index is 0.212. The number of hydrogen-bond donors (Lipinski definition) is 1. The molecule has 5 heteroatoms. The Kier molecular flexibility index (Phi) is 2.53. The molecule has 14 heavy (non-hydrogen) atoms. The molecule has 1 saturated carbocycles. The van der Waals surface area contributed by atoms with Gasteiger partial charge in [0.05, 0.1) is 7.11 Å². The number of hydrogen-bond acceptors (Lipinski definition) is 4. The van der Waals surface area contributed by atoms with Gasteiger partial charge in [-0.2, -0.15) is 0 Å². The minimum Gasteiger partial charge on any atom is -0.468 e. The number of piperidine rings is 1. The van der Waals surface area contributed by atoms with Crippen molar-refractivity contribution >= 4 is 13.0 Å². The fraction of sp³-hybridized carbons (Fsp3) is 0.889. The summed E-state index contributed by atoms with van der Waals surface area (Å²) in [5.41, 5.74) is 0. The second kappa shape index (κ2) is 3.55. The standard InChI is InChI=1S/C9H16BNO3/c1-10(13)11-5-7-3-6(7)4-8(11)9(12)14-2/h6-8,13H,3-5H2,1-2H3/t6?,7?,8-/m1/s1. The van der Waals surface area contributed by atoms with Gasteiger partial charge in [-0.25, -0.2) is 0 Å². The van der Waals surface area contributed by atoms with Gasteiger partial charge in [0.2, 0.25) is 0 Å². The Morgan fingerprint density at radius 1 is 1.50 bits per heavy atom. The Morgan fingerprint density at radius 3 is 2.79 bits per heavy atom. The summed E-state index contributed by atoms with van der Waals surface area (Å²) in [6.45, 7) is 2.54. The molecule has 4 nitrogen and oxygen atoms in total. The summed E-state index contributed by atoms with van der Waals surface area (Å²) in [4.78, 5) is 13.3. The SMILES string of the molecule is COC(=O)[C@H]1CC2CC2CN1B(C)O. The molecule has 0 aromatic carbocycles.